The minimum atomic E-state index is -0.572. The molecule has 0 saturated heterocycles. The molecule has 1 amide bonds. The van der Waals surface area contributed by atoms with E-state index in [0.29, 0.717) is 16.5 Å². The molecule has 0 aliphatic heterocycles. The Hall–Kier alpha value is -3.52. The van der Waals surface area contributed by atoms with Gasteiger partial charge < -0.3 is 19.2 Å². The predicted octanol–water partition coefficient (Wildman–Crippen LogP) is 4.68. The Kier molecular flexibility index (Phi) is 5.81. The summed E-state index contributed by atoms with van der Waals surface area (Å²) in [6.07, 6.45) is 0. The molecule has 0 bridgehead atoms. The van der Waals surface area contributed by atoms with Gasteiger partial charge in [-0.25, -0.2) is 0 Å². The van der Waals surface area contributed by atoms with E-state index in [1.807, 2.05) is 0 Å². The first-order valence-corrected chi connectivity index (χ1v) is 8.44. The molecular weight excluding hydrogens is 388 g/mol. The molecule has 0 fully saturated rings. The molecule has 1 heterocycles. The number of rotatable bonds is 7. The highest BCUT2D eigenvalue weighted by atomic mass is 35.5. The summed E-state index contributed by atoms with van der Waals surface area (Å²) in [6, 6.07) is 13.9. The number of benzene rings is 2. The third-order valence-corrected chi connectivity index (χ3v) is 3.93. The van der Waals surface area contributed by atoms with Gasteiger partial charge in [0.25, 0.3) is 11.6 Å². The predicted molar refractivity (Wildman–Crippen MR) is 102 cm³/mol. The average Bonchev–Trinajstić information content (AvgIpc) is 3.16. The van der Waals surface area contributed by atoms with E-state index in [9.17, 15) is 14.9 Å². The number of amides is 1. The van der Waals surface area contributed by atoms with E-state index >= 15 is 0 Å². The van der Waals surface area contributed by atoms with Crippen LogP contribution in [0.25, 0.3) is 0 Å². The zero-order valence-electron chi connectivity index (χ0n) is 14.7. The monoisotopic (exact) mass is 402 g/mol. The molecule has 0 aliphatic carbocycles. The van der Waals surface area contributed by atoms with Crippen molar-refractivity contribution >= 4 is 28.9 Å². The summed E-state index contributed by atoms with van der Waals surface area (Å²) in [5.74, 6) is 0.786. The quantitative estimate of drug-likeness (QED) is 0.454. The van der Waals surface area contributed by atoms with Crippen molar-refractivity contribution < 1.29 is 23.6 Å². The van der Waals surface area contributed by atoms with Gasteiger partial charge in [-0.05, 0) is 36.4 Å². The van der Waals surface area contributed by atoms with Gasteiger partial charge >= 0.3 is 0 Å². The number of nitro groups is 1. The topological polar surface area (TPSA) is 104 Å². The molecule has 1 aromatic heterocycles. The minimum absolute atomic E-state index is 0.0418. The van der Waals surface area contributed by atoms with E-state index in [-0.39, 0.29) is 29.5 Å². The van der Waals surface area contributed by atoms with Gasteiger partial charge in [0.05, 0.1) is 23.8 Å². The van der Waals surface area contributed by atoms with Gasteiger partial charge in [0, 0.05) is 17.2 Å². The number of nitro benzene ring substituents is 1. The summed E-state index contributed by atoms with van der Waals surface area (Å²) < 4.78 is 16.0. The van der Waals surface area contributed by atoms with Gasteiger partial charge in [0.15, 0.2) is 5.76 Å². The molecule has 0 radical (unpaired) electrons. The summed E-state index contributed by atoms with van der Waals surface area (Å²) in [6.45, 7) is 0.125. The van der Waals surface area contributed by atoms with Gasteiger partial charge in [-0.2, -0.15) is 0 Å². The average molecular weight is 403 g/mol. The SMILES string of the molecule is COc1cc(NC(=O)c2ccc(COc3ccc(Cl)cc3)o2)cc([N+](=O)[O-])c1. The molecule has 0 atom stereocenters. The van der Waals surface area contributed by atoms with E-state index in [4.69, 9.17) is 25.5 Å². The number of methoxy groups -OCH3 is 1. The molecule has 3 aromatic rings. The van der Waals surface area contributed by atoms with Crippen LogP contribution >= 0.6 is 11.6 Å². The second-order valence-electron chi connectivity index (χ2n) is 5.64. The van der Waals surface area contributed by atoms with Crippen LogP contribution in [0.2, 0.25) is 5.02 Å². The lowest BCUT2D eigenvalue weighted by Crippen LogP contribution is -2.11. The molecule has 1 N–H and O–H groups in total. The molecule has 0 aliphatic rings. The van der Waals surface area contributed by atoms with Crippen molar-refractivity contribution in [3.05, 3.63) is 81.3 Å². The zero-order chi connectivity index (χ0) is 20.1. The molecule has 28 heavy (non-hydrogen) atoms. The van der Waals surface area contributed by atoms with Gasteiger partial charge in [0.1, 0.15) is 23.9 Å². The van der Waals surface area contributed by atoms with Crippen LogP contribution < -0.4 is 14.8 Å². The first-order valence-electron chi connectivity index (χ1n) is 8.06. The van der Waals surface area contributed by atoms with Crippen LogP contribution in [0.4, 0.5) is 11.4 Å². The van der Waals surface area contributed by atoms with Crippen molar-refractivity contribution in [1.29, 1.82) is 0 Å². The molecule has 0 saturated carbocycles. The maximum Gasteiger partial charge on any atom is 0.291 e. The summed E-state index contributed by atoms with van der Waals surface area (Å²) in [7, 11) is 1.38. The number of furan rings is 1. The Balaban J connectivity index is 1.66. The number of nitrogens with one attached hydrogen (secondary N) is 1. The lowest BCUT2D eigenvalue weighted by molar-refractivity contribution is -0.384. The molecule has 3 rings (SSSR count). The first kappa shape index (κ1) is 19.2. The third kappa shape index (κ3) is 4.80. The molecule has 0 unspecified atom stereocenters. The van der Waals surface area contributed by atoms with Crippen LogP contribution in [0.1, 0.15) is 16.3 Å². The fourth-order valence-corrected chi connectivity index (χ4v) is 2.46. The standard InChI is InChI=1S/C19H15ClN2O6/c1-26-17-9-13(8-14(10-17)22(24)25)21-19(23)18-7-6-16(28-18)11-27-15-4-2-12(20)3-5-15/h2-10H,11H2,1H3,(H,21,23). The lowest BCUT2D eigenvalue weighted by Gasteiger charge is -2.06. The number of carbonyl (C=O) groups excluding carboxylic acids is 1. The summed E-state index contributed by atoms with van der Waals surface area (Å²) in [5.41, 5.74) is 0.0116. The fraction of sp³-hybridized carbons (Fsp3) is 0.105. The van der Waals surface area contributed by atoms with Crippen molar-refractivity contribution in [2.45, 2.75) is 6.61 Å². The summed E-state index contributed by atoms with van der Waals surface area (Å²) >= 11 is 5.82. The first-order chi connectivity index (χ1) is 13.4. The number of non-ortho nitro benzene ring substituents is 1. The van der Waals surface area contributed by atoms with Gasteiger partial charge in [-0.15, -0.1) is 0 Å². The fourth-order valence-electron chi connectivity index (χ4n) is 2.33. The molecule has 9 heteroatoms. The Morgan fingerprint density at radius 3 is 2.57 bits per heavy atom. The van der Waals surface area contributed by atoms with Crippen LogP contribution in [-0.4, -0.2) is 17.9 Å². The van der Waals surface area contributed by atoms with Crippen molar-refractivity contribution in [3.8, 4) is 11.5 Å². The van der Waals surface area contributed by atoms with E-state index in [2.05, 4.69) is 5.32 Å². The Labute approximate surface area is 164 Å². The third-order valence-electron chi connectivity index (χ3n) is 3.68. The van der Waals surface area contributed by atoms with Crippen LogP contribution in [0.5, 0.6) is 11.5 Å². The van der Waals surface area contributed by atoms with Crippen LogP contribution in [-0.2, 0) is 6.61 Å². The van der Waals surface area contributed by atoms with Crippen molar-refractivity contribution in [2.75, 3.05) is 12.4 Å². The molecule has 0 spiro atoms. The van der Waals surface area contributed by atoms with Gasteiger partial charge in [0.2, 0.25) is 0 Å². The second kappa shape index (κ2) is 8.45. The normalized spacial score (nSPS) is 10.4. The highest BCUT2D eigenvalue weighted by molar-refractivity contribution is 6.30. The maximum absolute atomic E-state index is 12.3. The zero-order valence-corrected chi connectivity index (χ0v) is 15.4. The lowest BCUT2D eigenvalue weighted by atomic mass is 10.2. The molecule has 144 valence electrons. The number of ether oxygens (including phenoxy) is 2. The summed E-state index contributed by atoms with van der Waals surface area (Å²) in [4.78, 5) is 22.8. The number of carbonyl (C=O) groups is 1. The van der Waals surface area contributed by atoms with E-state index in [1.54, 1.807) is 30.3 Å². The number of nitrogens with zero attached hydrogens (tertiary/aromatic N) is 1. The number of halogens is 1. The number of hydrogen-bond donors (Lipinski definition) is 1. The second-order valence-corrected chi connectivity index (χ2v) is 6.08. The van der Waals surface area contributed by atoms with Gasteiger partial charge in [-0.1, -0.05) is 11.6 Å². The van der Waals surface area contributed by atoms with E-state index in [0.717, 1.165) is 0 Å². The van der Waals surface area contributed by atoms with E-state index < -0.39 is 10.8 Å². The van der Waals surface area contributed by atoms with Crippen LogP contribution in [0.3, 0.4) is 0 Å². The number of anilines is 1. The Morgan fingerprint density at radius 2 is 1.89 bits per heavy atom. The summed E-state index contributed by atoms with van der Waals surface area (Å²) in [5, 5.41) is 14.1. The van der Waals surface area contributed by atoms with Crippen molar-refractivity contribution in [1.82, 2.24) is 0 Å². The Bertz CT molecular complexity index is 1000. The highest BCUT2D eigenvalue weighted by Crippen LogP contribution is 2.26. The van der Waals surface area contributed by atoms with Crippen molar-refractivity contribution in [3.63, 3.8) is 0 Å². The molecule has 8 nitrogen and oxygen atoms in total. The number of hydrogen-bond acceptors (Lipinski definition) is 6. The smallest absolute Gasteiger partial charge is 0.291 e. The Morgan fingerprint density at radius 1 is 1.14 bits per heavy atom. The van der Waals surface area contributed by atoms with Gasteiger partial charge in [-0.3, -0.25) is 14.9 Å². The van der Waals surface area contributed by atoms with Crippen LogP contribution in [0.15, 0.2) is 59.0 Å². The molecule has 2 aromatic carbocycles. The van der Waals surface area contributed by atoms with E-state index in [1.165, 1.54) is 31.4 Å². The largest absolute Gasteiger partial charge is 0.496 e. The van der Waals surface area contributed by atoms with Crippen molar-refractivity contribution in [2.24, 2.45) is 0 Å². The highest BCUT2D eigenvalue weighted by Gasteiger charge is 2.15. The van der Waals surface area contributed by atoms with Crippen LogP contribution in [0, 0.1) is 10.1 Å². The molecular formula is C19H15ClN2O6. The maximum atomic E-state index is 12.3. The minimum Gasteiger partial charge on any atom is -0.496 e.